The van der Waals surface area contributed by atoms with Crippen molar-refractivity contribution in [1.82, 2.24) is 9.36 Å². The smallest absolute Gasteiger partial charge is 0.202 e. The molecule has 0 fully saturated rings. The van der Waals surface area contributed by atoms with E-state index < -0.39 is 0 Å². The Morgan fingerprint density at radius 3 is 2.44 bits per heavy atom. The minimum atomic E-state index is 0.401. The van der Waals surface area contributed by atoms with Crippen LogP contribution in [0.4, 0.5) is 5.13 Å². The van der Waals surface area contributed by atoms with Crippen LogP contribution in [0.5, 0.6) is 0 Å². The first-order chi connectivity index (χ1) is 8.72. The Labute approximate surface area is 111 Å². The standard InChI is InChI=1S/C14H17N3S/c1-9(2)13-16-14(18-17-13)15-12-7-10-5-3-4-6-11(10)8-12/h3-6,9,12H,7-8H2,1-2H3,(H,15,16,17). The van der Waals surface area contributed by atoms with Gasteiger partial charge in [0.2, 0.25) is 5.13 Å². The summed E-state index contributed by atoms with van der Waals surface area (Å²) in [5.41, 5.74) is 2.92. The van der Waals surface area contributed by atoms with Gasteiger partial charge in [-0.2, -0.15) is 4.37 Å². The van der Waals surface area contributed by atoms with E-state index in [1.54, 1.807) is 0 Å². The van der Waals surface area contributed by atoms with Gasteiger partial charge in [0, 0.05) is 23.5 Å². The SMILES string of the molecule is CC(C)c1nsc(NC2Cc3ccccc3C2)n1. The number of aromatic nitrogens is 2. The second-order valence-corrected chi connectivity index (χ2v) is 5.88. The van der Waals surface area contributed by atoms with Crippen LogP contribution in [0.3, 0.4) is 0 Å². The highest BCUT2D eigenvalue weighted by molar-refractivity contribution is 7.09. The molecule has 0 saturated carbocycles. The molecule has 0 amide bonds. The second kappa shape index (κ2) is 4.69. The lowest BCUT2D eigenvalue weighted by Crippen LogP contribution is -2.19. The predicted octanol–water partition coefficient (Wildman–Crippen LogP) is 3.24. The topological polar surface area (TPSA) is 37.8 Å². The van der Waals surface area contributed by atoms with Crippen molar-refractivity contribution in [2.24, 2.45) is 0 Å². The van der Waals surface area contributed by atoms with Gasteiger partial charge >= 0.3 is 0 Å². The monoisotopic (exact) mass is 259 g/mol. The molecule has 0 bridgehead atoms. The summed E-state index contributed by atoms with van der Waals surface area (Å²) < 4.78 is 4.37. The van der Waals surface area contributed by atoms with Gasteiger partial charge in [-0.15, -0.1) is 0 Å². The molecule has 0 radical (unpaired) electrons. The molecule has 94 valence electrons. The minimum Gasteiger partial charge on any atom is -0.357 e. The van der Waals surface area contributed by atoms with Crippen molar-refractivity contribution in [2.45, 2.75) is 38.6 Å². The Bertz CT molecular complexity index is 522. The minimum absolute atomic E-state index is 0.401. The summed E-state index contributed by atoms with van der Waals surface area (Å²) in [5, 5.41) is 4.46. The number of hydrogen-bond donors (Lipinski definition) is 1. The van der Waals surface area contributed by atoms with Gasteiger partial charge in [-0.3, -0.25) is 0 Å². The molecule has 1 N–H and O–H groups in total. The number of nitrogens with zero attached hydrogens (tertiary/aromatic N) is 2. The first-order valence-corrected chi connectivity index (χ1v) is 7.16. The zero-order valence-electron chi connectivity index (χ0n) is 10.7. The Morgan fingerprint density at radius 2 is 1.89 bits per heavy atom. The summed E-state index contributed by atoms with van der Waals surface area (Å²) in [6.45, 7) is 4.24. The molecular weight excluding hydrogens is 242 g/mol. The van der Waals surface area contributed by atoms with Crippen molar-refractivity contribution in [2.75, 3.05) is 5.32 Å². The van der Waals surface area contributed by atoms with Crippen molar-refractivity contribution in [1.29, 1.82) is 0 Å². The molecule has 0 spiro atoms. The molecule has 0 aliphatic heterocycles. The van der Waals surface area contributed by atoms with Crippen LogP contribution >= 0.6 is 11.5 Å². The number of nitrogens with one attached hydrogen (secondary N) is 1. The van der Waals surface area contributed by atoms with E-state index in [2.05, 4.69) is 52.8 Å². The van der Waals surface area contributed by atoms with Gasteiger partial charge < -0.3 is 5.32 Å². The van der Waals surface area contributed by atoms with Gasteiger partial charge in [0.1, 0.15) is 5.82 Å². The third-order valence-electron chi connectivity index (χ3n) is 3.34. The highest BCUT2D eigenvalue weighted by Gasteiger charge is 2.21. The Kier molecular flexibility index (Phi) is 3.04. The van der Waals surface area contributed by atoms with E-state index in [1.165, 1.54) is 22.7 Å². The Hall–Kier alpha value is -1.42. The van der Waals surface area contributed by atoms with Crippen LogP contribution in [0.2, 0.25) is 0 Å². The lowest BCUT2D eigenvalue weighted by molar-refractivity contribution is 0.763. The highest BCUT2D eigenvalue weighted by Crippen LogP contribution is 2.25. The van der Waals surface area contributed by atoms with E-state index >= 15 is 0 Å². The molecule has 0 unspecified atom stereocenters. The zero-order chi connectivity index (χ0) is 12.5. The molecule has 1 aromatic heterocycles. The average molecular weight is 259 g/mol. The molecule has 0 atom stereocenters. The number of benzene rings is 1. The molecule has 18 heavy (non-hydrogen) atoms. The molecule has 1 aromatic carbocycles. The molecule has 1 aliphatic carbocycles. The number of anilines is 1. The van der Waals surface area contributed by atoms with Gasteiger partial charge in [-0.25, -0.2) is 4.98 Å². The number of rotatable bonds is 3. The van der Waals surface area contributed by atoms with Crippen LogP contribution < -0.4 is 5.32 Å². The van der Waals surface area contributed by atoms with E-state index in [0.717, 1.165) is 23.8 Å². The normalized spacial score (nSPS) is 15.1. The van der Waals surface area contributed by atoms with Gasteiger partial charge in [-0.05, 0) is 24.0 Å². The molecule has 3 nitrogen and oxygen atoms in total. The highest BCUT2D eigenvalue weighted by atomic mass is 32.1. The fourth-order valence-electron chi connectivity index (χ4n) is 2.36. The first kappa shape index (κ1) is 11.7. The quantitative estimate of drug-likeness (QED) is 0.919. The summed E-state index contributed by atoms with van der Waals surface area (Å²) in [4.78, 5) is 4.53. The molecule has 0 saturated heterocycles. The van der Waals surface area contributed by atoms with E-state index in [-0.39, 0.29) is 0 Å². The van der Waals surface area contributed by atoms with Crippen LogP contribution in [-0.2, 0) is 12.8 Å². The molecule has 4 heteroatoms. The first-order valence-electron chi connectivity index (χ1n) is 6.39. The maximum atomic E-state index is 4.53. The largest absolute Gasteiger partial charge is 0.357 e. The van der Waals surface area contributed by atoms with Gasteiger partial charge in [-0.1, -0.05) is 38.1 Å². The Balaban J connectivity index is 1.68. The number of fused-ring (bicyclic) bond motifs is 1. The van der Waals surface area contributed by atoms with Gasteiger partial charge in [0.05, 0.1) is 0 Å². The van der Waals surface area contributed by atoms with E-state index in [0.29, 0.717) is 12.0 Å². The van der Waals surface area contributed by atoms with Crippen LogP contribution in [0.25, 0.3) is 0 Å². The Morgan fingerprint density at radius 1 is 1.22 bits per heavy atom. The van der Waals surface area contributed by atoms with Crippen LogP contribution in [0.15, 0.2) is 24.3 Å². The fourth-order valence-corrected chi connectivity index (χ4v) is 3.15. The van der Waals surface area contributed by atoms with Crippen molar-refractivity contribution in [3.05, 3.63) is 41.2 Å². The lowest BCUT2D eigenvalue weighted by Gasteiger charge is -2.09. The maximum Gasteiger partial charge on any atom is 0.202 e. The van der Waals surface area contributed by atoms with Crippen molar-refractivity contribution in [3.63, 3.8) is 0 Å². The third kappa shape index (κ3) is 2.25. The van der Waals surface area contributed by atoms with Crippen molar-refractivity contribution >= 4 is 16.7 Å². The van der Waals surface area contributed by atoms with E-state index in [1.807, 2.05) is 0 Å². The van der Waals surface area contributed by atoms with Gasteiger partial charge in [0.25, 0.3) is 0 Å². The molecule has 2 aromatic rings. The lowest BCUT2D eigenvalue weighted by atomic mass is 10.1. The summed E-state index contributed by atoms with van der Waals surface area (Å²) in [5.74, 6) is 1.34. The van der Waals surface area contributed by atoms with E-state index in [9.17, 15) is 0 Å². The second-order valence-electron chi connectivity index (χ2n) is 5.13. The molecule has 3 rings (SSSR count). The molecule has 1 heterocycles. The van der Waals surface area contributed by atoms with Gasteiger partial charge in [0.15, 0.2) is 0 Å². The third-order valence-corrected chi connectivity index (χ3v) is 4.00. The number of hydrogen-bond acceptors (Lipinski definition) is 4. The van der Waals surface area contributed by atoms with Crippen molar-refractivity contribution < 1.29 is 0 Å². The summed E-state index contributed by atoms with van der Waals surface area (Å²) in [6.07, 6.45) is 2.18. The van der Waals surface area contributed by atoms with Crippen molar-refractivity contribution in [3.8, 4) is 0 Å². The van der Waals surface area contributed by atoms with Crippen LogP contribution in [0, 0.1) is 0 Å². The average Bonchev–Trinajstić information content (AvgIpc) is 2.94. The fraction of sp³-hybridized carbons (Fsp3) is 0.429. The van der Waals surface area contributed by atoms with Crippen LogP contribution in [0.1, 0.15) is 36.7 Å². The van der Waals surface area contributed by atoms with E-state index in [4.69, 9.17) is 0 Å². The molecular formula is C14H17N3S. The molecule has 1 aliphatic rings. The zero-order valence-corrected chi connectivity index (χ0v) is 11.5. The maximum absolute atomic E-state index is 4.53. The summed E-state index contributed by atoms with van der Waals surface area (Å²) in [6, 6.07) is 9.13. The van der Waals surface area contributed by atoms with Crippen LogP contribution in [-0.4, -0.2) is 15.4 Å². The predicted molar refractivity (Wildman–Crippen MR) is 75.3 cm³/mol. The summed E-state index contributed by atoms with van der Waals surface area (Å²) >= 11 is 1.47. The summed E-state index contributed by atoms with van der Waals surface area (Å²) in [7, 11) is 0.